The lowest BCUT2D eigenvalue weighted by molar-refractivity contribution is -0.121. The van der Waals surface area contributed by atoms with Crippen molar-refractivity contribution in [1.82, 2.24) is 10.3 Å². The van der Waals surface area contributed by atoms with Gasteiger partial charge in [0.05, 0.1) is 5.69 Å². The molecular weight excluding hydrogens is 260 g/mol. The zero-order valence-corrected chi connectivity index (χ0v) is 12.7. The van der Waals surface area contributed by atoms with E-state index in [1.54, 1.807) is 6.20 Å². The molecule has 3 nitrogen and oxygen atoms in total. The van der Waals surface area contributed by atoms with E-state index in [4.69, 9.17) is 0 Å². The largest absolute Gasteiger partial charge is 0.355 e. The summed E-state index contributed by atoms with van der Waals surface area (Å²) in [6.07, 6.45) is 3.80. The van der Waals surface area contributed by atoms with E-state index in [1.165, 1.54) is 0 Å². The first-order valence-electron chi connectivity index (χ1n) is 7.48. The Hall–Kier alpha value is -2.16. The Labute approximate surface area is 126 Å². The maximum absolute atomic E-state index is 12.6. The molecule has 2 rings (SSSR count). The minimum atomic E-state index is -0.343. The van der Waals surface area contributed by atoms with Crippen molar-refractivity contribution < 1.29 is 4.79 Å². The number of pyridine rings is 1. The highest BCUT2D eigenvalue weighted by Gasteiger charge is 2.24. The number of hydrogen-bond acceptors (Lipinski definition) is 2. The summed E-state index contributed by atoms with van der Waals surface area (Å²) in [7, 11) is 0. The topological polar surface area (TPSA) is 42.0 Å². The van der Waals surface area contributed by atoms with Gasteiger partial charge in [0.25, 0.3) is 0 Å². The van der Waals surface area contributed by atoms with Gasteiger partial charge >= 0.3 is 0 Å². The summed E-state index contributed by atoms with van der Waals surface area (Å²) in [5.41, 5.74) is 2.92. The van der Waals surface area contributed by atoms with Crippen LogP contribution in [0.1, 0.15) is 42.5 Å². The van der Waals surface area contributed by atoms with Crippen molar-refractivity contribution in [2.75, 3.05) is 6.54 Å². The number of benzene rings is 1. The molecular formula is C18H22N2O. The second kappa shape index (κ2) is 7.58. The van der Waals surface area contributed by atoms with Crippen molar-refractivity contribution in [1.29, 1.82) is 0 Å². The van der Waals surface area contributed by atoms with Crippen LogP contribution in [0.2, 0.25) is 0 Å². The Morgan fingerprint density at radius 1 is 1.19 bits per heavy atom. The first kappa shape index (κ1) is 15.2. The molecule has 0 spiro atoms. The van der Waals surface area contributed by atoms with Crippen LogP contribution in [0.3, 0.4) is 0 Å². The third-order valence-electron chi connectivity index (χ3n) is 3.57. The fourth-order valence-corrected chi connectivity index (χ4v) is 2.38. The van der Waals surface area contributed by atoms with Gasteiger partial charge in [0, 0.05) is 12.7 Å². The summed E-state index contributed by atoms with van der Waals surface area (Å²) >= 11 is 0. The number of unbranched alkanes of at least 4 members (excludes halogenated alkanes) is 1. The van der Waals surface area contributed by atoms with E-state index in [9.17, 15) is 4.79 Å². The van der Waals surface area contributed by atoms with Crippen LogP contribution in [0.15, 0.2) is 48.7 Å². The predicted octanol–water partition coefficient (Wildman–Crippen LogP) is 3.44. The molecule has 1 heterocycles. The fourth-order valence-electron chi connectivity index (χ4n) is 2.38. The highest BCUT2D eigenvalue weighted by atomic mass is 16.1. The van der Waals surface area contributed by atoms with Gasteiger partial charge in [-0.05, 0) is 36.6 Å². The lowest BCUT2D eigenvalue weighted by Gasteiger charge is -2.18. The molecule has 110 valence electrons. The SMILES string of the molecule is CCCCNC(=O)C(c1ccccn1)c1ccccc1C. The highest BCUT2D eigenvalue weighted by Crippen LogP contribution is 2.26. The maximum atomic E-state index is 12.6. The van der Waals surface area contributed by atoms with Gasteiger partial charge in [0.15, 0.2) is 0 Å². The summed E-state index contributed by atoms with van der Waals surface area (Å²) in [5.74, 6) is -0.319. The number of hydrogen-bond donors (Lipinski definition) is 1. The van der Waals surface area contributed by atoms with E-state index in [0.717, 1.165) is 29.7 Å². The van der Waals surface area contributed by atoms with Crippen molar-refractivity contribution in [3.63, 3.8) is 0 Å². The third-order valence-corrected chi connectivity index (χ3v) is 3.57. The number of carbonyl (C=O) groups is 1. The molecule has 1 unspecified atom stereocenters. The quantitative estimate of drug-likeness (QED) is 0.825. The molecule has 3 heteroatoms. The standard InChI is InChI=1S/C18H22N2O/c1-3-4-12-20-18(21)17(16-11-7-8-13-19-16)15-10-6-5-9-14(15)2/h5-11,13,17H,3-4,12H2,1-2H3,(H,20,21). The molecule has 1 aromatic heterocycles. The summed E-state index contributed by atoms with van der Waals surface area (Å²) < 4.78 is 0. The Kier molecular flexibility index (Phi) is 5.50. The highest BCUT2D eigenvalue weighted by molar-refractivity contribution is 5.87. The van der Waals surface area contributed by atoms with Gasteiger partial charge in [-0.2, -0.15) is 0 Å². The zero-order chi connectivity index (χ0) is 15.1. The average molecular weight is 282 g/mol. The fraction of sp³-hybridized carbons (Fsp3) is 0.333. The van der Waals surface area contributed by atoms with Gasteiger partial charge < -0.3 is 5.32 Å². The average Bonchev–Trinajstić information content (AvgIpc) is 2.51. The van der Waals surface area contributed by atoms with E-state index >= 15 is 0 Å². The van der Waals surface area contributed by atoms with Gasteiger partial charge in [-0.1, -0.05) is 43.7 Å². The Bertz CT molecular complexity index is 581. The number of carbonyl (C=O) groups excluding carboxylic acids is 1. The number of nitrogens with zero attached hydrogens (tertiary/aromatic N) is 1. The van der Waals surface area contributed by atoms with E-state index < -0.39 is 0 Å². The van der Waals surface area contributed by atoms with Gasteiger partial charge in [0.2, 0.25) is 5.91 Å². The number of nitrogens with one attached hydrogen (secondary N) is 1. The number of amides is 1. The molecule has 1 atom stereocenters. The van der Waals surface area contributed by atoms with E-state index in [2.05, 4.69) is 17.2 Å². The van der Waals surface area contributed by atoms with Crippen LogP contribution in [0.4, 0.5) is 0 Å². The normalized spacial score (nSPS) is 11.9. The molecule has 1 aromatic carbocycles. The Morgan fingerprint density at radius 2 is 1.95 bits per heavy atom. The monoisotopic (exact) mass is 282 g/mol. The third kappa shape index (κ3) is 3.91. The van der Waals surface area contributed by atoms with Crippen LogP contribution in [0.25, 0.3) is 0 Å². The van der Waals surface area contributed by atoms with Gasteiger partial charge in [-0.15, -0.1) is 0 Å². The number of aromatic nitrogens is 1. The summed E-state index contributed by atoms with van der Waals surface area (Å²) in [6.45, 7) is 4.86. The molecule has 0 aliphatic heterocycles. The molecule has 0 radical (unpaired) electrons. The summed E-state index contributed by atoms with van der Waals surface area (Å²) in [4.78, 5) is 17.0. The first-order chi connectivity index (χ1) is 10.2. The van der Waals surface area contributed by atoms with Crippen molar-refractivity contribution in [3.05, 3.63) is 65.5 Å². The molecule has 2 aromatic rings. The molecule has 1 N–H and O–H groups in total. The van der Waals surface area contributed by atoms with Crippen molar-refractivity contribution >= 4 is 5.91 Å². The molecule has 0 bridgehead atoms. The van der Waals surface area contributed by atoms with E-state index in [0.29, 0.717) is 6.54 Å². The Morgan fingerprint density at radius 3 is 2.62 bits per heavy atom. The van der Waals surface area contributed by atoms with Crippen molar-refractivity contribution in [2.45, 2.75) is 32.6 Å². The maximum Gasteiger partial charge on any atom is 0.233 e. The molecule has 0 fully saturated rings. The summed E-state index contributed by atoms with van der Waals surface area (Å²) in [6, 6.07) is 13.7. The minimum absolute atomic E-state index is 0.0245. The lowest BCUT2D eigenvalue weighted by atomic mass is 9.90. The summed E-state index contributed by atoms with van der Waals surface area (Å²) in [5, 5.41) is 3.03. The van der Waals surface area contributed by atoms with Gasteiger partial charge in [0.1, 0.15) is 5.92 Å². The lowest BCUT2D eigenvalue weighted by Crippen LogP contribution is -2.31. The number of aryl methyl sites for hydroxylation is 1. The second-order valence-electron chi connectivity index (χ2n) is 5.19. The van der Waals surface area contributed by atoms with Crippen LogP contribution in [0, 0.1) is 6.92 Å². The molecule has 0 aliphatic carbocycles. The van der Waals surface area contributed by atoms with Crippen LogP contribution in [0.5, 0.6) is 0 Å². The van der Waals surface area contributed by atoms with Gasteiger partial charge in [-0.3, -0.25) is 9.78 Å². The minimum Gasteiger partial charge on any atom is -0.355 e. The van der Waals surface area contributed by atoms with E-state index in [1.807, 2.05) is 49.4 Å². The van der Waals surface area contributed by atoms with Crippen molar-refractivity contribution in [3.8, 4) is 0 Å². The predicted molar refractivity (Wildman–Crippen MR) is 85.2 cm³/mol. The van der Waals surface area contributed by atoms with E-state index in [-0.39, 0.29) is 11.8 Å². The van der Waals surface area contributed by atoms with Crippen molar-refractivity contribution in [2.24, 2.45) is 0 Å². The number of rotatable bonds is 6. The molecule has 0 saturated carbocycles. The Balaban J connectivity index is 2.32. The smallest absolute Gasteiger partial charge is 0.233 e. The van der Waals surface area contributed by atoms with Gasteiger partial charge in [-0.25, -0.2) is 0 Å². The molecule has 21 heavy (non-hydrogen) atoms. The molecule has 0 saturated heterocycles. The van der Waals surface area contributed by atoms with Crippen LogP contribution >= 0.6 is 0 Å². The van der Waals surface area contributed by atoms with Crippen LogP contribution in [-0.4, -0.2) is 17.4 Å². The second-order valence-corrected chi connectivity index (χ2v) is 5.19. The first-order valence-corrected chi connectivity index (χ1v) is 7.48. The van der Waals surface area contributed by atoms with Crippen LogP contribution < -0.4 is 5.32 Å². The molecule has 0 aliphatic rings. The molecule has 1 amide bonds. The zero-order valence-electron chi connectivity index (χ0n) is 12.7. The van der Waals surface area contributed by atoms with Crippen LogP contribution in [-0.2, 0) is 4.79 Å².